The Labute approximate surface area is 221 Å². The van der Waals surface area contributed by atoms with E-state index in [0.717, 1.165) is 15.4 Å². The number of benzene rings is 1. The van der Waals surface area contributed by atoms with Gasteiger partial charge in [-0.3, -0.25) is 29.0 Å². The second-order valence-corrected chi connectivity index (χ2v) is 12.2. The number of allylic oxidation sites excluding steroid dienone is 2. The zero-order valence-electron chi connectivity index (χ0n) is 19.2. The zero-order chi connectivity index (χ0) is 25.6. The van der Waals surface area contributed by atoms with E-state index in [9.17, 15) is 24.3 Å². The molecule has 10 heteroatoms. The van der Waals surface area contributed by atoms with Gasteiger partial charge >= 0.3 is 0 Å². The van der Waals surface area contributed by atoms with Crippen LogP contribution in [0.2, 0.25) is 0 Å². The predicted molar refractivity (Wildman–Crippen MR) is 133 cm³/mol. The highest BCUT2D eigenvalue weighted by Gasteiger charge is 2.75. The van der Waals surface area contributed by atoms with Gasteiger partial charge in [-0.1, -0.05) is 29.8 Å². The smallest absolute Gasteiger partial charge is 0.253 e. The van der Waals surface area contributed by atoms with Crippen LogP contribution in [0.15, 0.2) is 53.4 Å². The molecule has 4 aliphatic rings. The Bertz CT molecular complexity index is 1340. The van der Waals surface area contributed by atoms with Gasteiger partial charge in [-0.05, 0) is 47.9 Å². The molecule has 1 aromatic carbocycles. The molecule has 1 aromatic heterocycles. The third-order valence-corrected chi connectivity index (χ3v) is 10.5. The van der Waals surface area contributed by atoms with Crippen LogP contribution in [-0.2, 0) is 25.7 Å². The number of phenolic OH excluding ortho intramolecular Hbond substituents is 1. The van der Waals surface area contributed by atoms with E-state index in [1.54, 1.807) is 12.1 Å². The van der Waals surface area contributed by atoms with E-state index in [2.05, 4.69) is 0 Å². The summed E-state index contributed by atoms with van der Waals surface area (Å²) < 4.78 is 0. The van der Waals surface area contributed by atoms with Crippen LogP contribution in [0.4, 0.5) is 0 Å². The molecule has 6 unspecified atom stereocenters. The molecule has 2 saturated heterocycles. The highest BCUT2D eigenvalue weighted by atomic mass is 35.5. The van der Waals surface area contributed by atoms with Crippen LogP contribution in [-0.4, -0.2) is 55.3 Å². The maximum absolute atomic E-state index is 13.7. The first-order valence-corrected chi connectivity index (χ1v) is 13.3. The zero-order valence-corrected chi connectivity index (χ0v) is 21.5. The van der Waals surface area contributed by atoms with E-state index in [0.29, 0.717) is 12.0 Å². The topological polar surface area (TPSA) is 95.0 Å². The number of halogens is 2. The fourth-order valence-electron chi connectivity index (χ4n) is 6.56. The highest BCUT2D eigenvalue weighted by Crippen LogP contribution is 2.65. The summed E-state index contributed by atoms with van der Waals surface area (Å²) in [6.07, 6.45) is 2.21. The van der Waals surface area contributed by atoms with Crippen LogP contribution in [0.3, 0.4) is 0 Å². The van der Waals surface area contributed by atoms with Crippen LogP contribution >= 0.6 is 34.5 Å². The van der Waals surface area contributed by atoms with Crippen molar-refractivity contribution >= 4 is 58.2 Å². The minimum absolute atomic E-state index is 0.0274. The second-order valence-electron chi connectivity index (χ2n) is 9.93. The van der Waals surface area contributed by atoms with Crippen LogP contribution in [0.5, 0.6) is 5.75 Å². The first-order valence-electron chi connectivity index (χ1n) is 11.7. The van der Waals surface area contributed by atoms with E-state index in [-0.39, 0.29) is 30.5 Å². The third kappa shape index (κ3) is 2.92. The van der Waals surface area contributed by atoms with E-state index in [1.807, 2.05) is 23.6 Å². The van der Waals surface area contributed by atoms with Gasteiger partial charge in [0.2, 0.25) is 11.8 Å². The summed E-state index contributed by atoms with van der Waals surface area (Å²) in [7, 11) is 1.36. The Morgan fingerprint density at radius 1 is 1.03 bits per heavy atom. The first-order chi connectivity index (χ1) is 17.1. The lowest BCUT2D eigenvalue weighted by atomic mass is 9.56. The minimum Gasteiger partial charge on any atom is -0.508 e. The molecule has 36 heavy (non-hydrogen) atoms. The van der Waals surface area contributed by atoms with Crippen molar-refractivity contribution in [3.8, 4) is 5.75 Å². The largest absolute Gasteiger partial charge is 0.508 e. The van der Waals surface area contributed by atoms with E-state index >= 15 is 0 Å². The molecule has 2 aliphatic carbocycles. The van der Waals surface area contributed by atoms with Gasteiger partial charge in [0.25, 0.3) is 11.8 Å². The minimum atomic E-state index is -1.81. The molecule has 2 aliphatic heterocycles. The molecule has 6 rings (SSSR count). The van der Waals surface area contributed by atoms with Crippen molar-refractivity contribution in [2.24, 2.45) is 17.8 Å². The maximum atomic E-state index is 13.7. The van der Waals surface area contributed by atoms with Crippen molar-refractivity contribution in [1.82, 2.24) is 9.80 Å². The van der Waals surface area contributed by atoms with Crippen molar-refractivity contribution < 1.29 is 24.3 Å². The molecular weight excluding hydrogens is 523 g/mol. The second kappa shape index (κ2) is 7.91. The van der Waals surface area contributed by atoms with E-state index < -0.39 is 45.2 Å². The van der Waals surface area contributed by atoms with Gasteiger partial charge in [0.1, 0.15) is 5.75 Å². The van der Waals surface area contributed by atoms with E-state index in [4.69, 9.17) is 23.2 Å². The Balaban J connectivity index is 1.48. The summed E-state index contributed by atoms with van der Waals surface area (Å²) in [6.45, 7) is 0.206. The molecule has 4 amide bonds. The maximum Gasteiger partial charge on any atom is 0.253 e. The summed E-state index contributed by atoms with van der Waals surface area (Å²) in [5, 5.41) is 11.8. The van der Waals surface area contributed by atoms with Gasteiger partial charge in [-0.15, -0.1) is 34.5 Å². The number of carbonyl (C=O) groups excluding carboxylic acids is 4. The number of rotatable bonds is 3. The fourth-order valence-corrected chi connectivity index (χ4v) is 8.28. The van der Waals surface area contributed by atoms with Gasteiger partial charge in [0.05, 0.1) is 18.4 Å². The summed E-state index contributed by atoms with van der Waals surface area (Å²) in [6, 6.07) is 10.0. The average Bonchev–Trinajstić information content (AvgIpc) is 3.49. The summed E-state index contributed by atoms with van der Waals surface area (Å²) >= 11 is 15.7. The van der Waals surface area contributed by atoms with Gasteiger partial charge in [0, 0.05) is 17.8 Å². The van der Waals surface area contributed by atoms with E-state index in [1.165, 1.54) is 35.4 Å². The molecule has 0 spiro atoms. The highest BCUT2D eigenvalue weighted by molar-refractivity contribution is 7.09. The summed E-state index contributed by atoms with van der Waals surface area (Å²) in [5.41, 5.74) is 1.34. The molecule has 1 saturated carbocycles. The van der Waals surface area contributed by atoms with Gasteiger partial charge < -0.3 is 5.11 Å². The monoisotopic (exact) mass is 544 g/mol. The fraction of sp³-hybridized carbons (Fsp3) is 0.385. The van der Waals surface area contributed by atoms with Crippen molar-refractivity contribution in [2.75, 3.05) is 7.05 Å². The molecule has 3 fully saturated rings. The lowest BCUT2D eigenvalue weighted by Crippen LogP contribution is -2.60. The molecule has 1 N–H and O–H groups in total. The Hall–Kier alpha value is -2.68. The average molecular weight is 545 g/mol. The number of aromatic hydroxyl groups is 1. The van der Waals surface area contributed by atoms with Crippen molar-refractivity contribution in [3.63, 3.8) is 0 Å². The van der Waals surface area contributed by atoms with Crippen molar-refractivity contribution in [1.29, 1.82) is 0 Å². The summed E-state index contributed by atoms with van der Waals surface area (Å²) in [4.78, 5) is 53.5. The number of carbonyl (C=O) groups is 4. The molecule has 186 valence electrons. The van der Waals surface area contributed by atoms with Crippen LogP contribution in [0.1, 0.15) is 29.2 Å². The molecule has 6 atom stereocenters. The number of imide groups is 2. The number of phenols is 1. The standard InChI is InChI=1S/C26H22Cl2N2O5S/c1-29-23(34)25(27)11-18-16(20(26(25,28)24(29)35)13-4-6-14(31)7-5-13)8-9-17-19(18)22(33)30(21(17)32)12-15-3-2-10-36-15/h2-8,10,17-20,31H,9,11-12H2,1H3. The number of thiophene rings is 1. The Kier molecular flexibility index (Phi) is 5.21. The third-order valence-electron chi connectivity index (χ3n) is 8.23. The van der Waals surface area contributed by atoms with Crippen molar-refractivity contribution in [3.05, 3.63) is 63.9 Å². The predicted octanol–water partition coefficient (Wildman–Crippen LogP) is 3.64. The number of hydrogen-bond acceptors (Lipinski definition) is 6. The quantitative estimate of drug-likeness (QED) is 0.361. The summed E-state index contributed by atoms with van der Waals surface area (Å²) in [5.74, 6) is -4.29. The van der Waals surface area contributed by atoms with Crippen LogP contribution < -0.4 is 0 Å². The lowest BCUT2D eigenvalue weighted by molar-refractivity contribution is -0.141. The number of amides is 4. The SMILES string of the molecule is CN1C(=O)C2(Cl)CC3C(=CCC4C(=O)N(Cc5cccs5)C(=O)C43)C(c3ccc(O)cc3)C2(Cl)C1=O. The van der Waals surface area contributed by atoms with Gasteiger partial charge in [-0.25, -0.2) is 0 Å². The molecule has 2 aromatic rings. The normalized spacial score (nSPS) is 35.6. The number of nitrogens with zero attached hydrogens (tertiary/aromatic N) is 2. The van der Waals surface area contributed by atoms with Crippen molar-refractivity contribution in [2.45, 2.75) is 35.1 Å². The Morgan fingerprint density at radius 2 is 1.75 bits per heavy atom. The number of fused-ring (bicyclic) bond motifs is 4. The number of likely N-dealkylation sites (tertiary alicyclic amines) is 2. The number of alkyl halides is 2. The molecule has 0 radical (unpaired) electrons. The number of hydrogen-bond donors (Lipinski definition) is 1. The molecule has 3 heterocycles. The van der Waals surface area contributed by atoms with Gasteiger partial charge in [-0.2, -0.15) is 0 Å². The van der Waals surface area contributed by atoms with Gasteiger partial charge in [0.15, 0.2) is 9.75 Å². The van der Waals surface area contributed by atoms with Crippen LogP contribution in [0.25, 0.3) is 0 Å². The van der Waals surface area contributed by atoms with Crippen LogP contribution in [0, 0.1) is 17.8 Å². The lowest BCUT2D eigenvalue weighted by Gasteiger charge is -2.50. The Morgan fingerprint density at radius 3 is 2.42 bits per heavy atom. The molecule has 0 bridgehead atoms. The molecular formula is C26H22Cl2N2O5S. The molecule has 7 nitrogen and oxygen atoms in total. The first kappa shape index (κ1) is 23.7.